The maximum atomic E-state index is 5.60. The van der Waals surface area contributed by atoms with Crippen LogP contribution in [0.5, 0.6) is 23.0 Å². The third-order valence-corrected chi connectivity index (χ3v) is 5.81. The van der Waals surface area contributed by atoms with Gasteiger partial charge in [0.25, 0.3) is 0 Å². The molecule has 2 atom stereocenters. The average Bonchev–Trinajstić information content (AvgIpc) is 3.08. The molecule has 5 rings (SSSR count). The van der Waals surface area contributed by atoms with Gasteiger partial charge >= 0.3 is 0 Å². The Kier molecular flexibility index (Phi) is 4.16. The number of likely N-dealkylation sites (N-methyl/N-ethyl adjacent to an activating group) is 1. The molecule has 3 aliphatic heterocycles. The summed E-state index contributed by atoms with van der Waals surface area (Å²) in [4.78, 5) is 2.47. The molecular weight excluding hydrogens is 354 g/mol. The Morgan fingerprint density at radius 2 is 1.38 bits per heavy atom. The standard InChI is InChI=1S/C20H21NO4.ClH/c1-21-15-5-12-7-19-20(25-10-24-19)9-14(12)16(21)4-11-6-17(22-2)18(23-3)8-13(11)15;/h6-9,15-16H,4-5,10H2,1-3H3;1H/t15-,16-;/m0./s1. The fraction of sp³-hybridized carbons (Fsp3) is 0.400. The van der Waals surface area contributed by atoms with Gasteiger partial charge in [-0.25, -0.2) is 0 Å². The van der Waals surface area contributed by atoms with Crippen LogP contribution in [0.2, 0.25) is 0 Å². The summed E-state index contributed by atoms with van der Waals surface area (Å²) >= 11 is 0. The van der Waals surface area contributed by atoms with Gasteiger partial charge in [0.15, 0.2) is 23.0 Å². The molecule has 0 aromatic heterocycles. The van der Waals surface area contributed by atoms with E-state index in [4.69, 9.17) is 18.9 Å². The summed E-state index contributed by atoms with van der Waals surface area (Å²) < 4.78 is 22.2. The van der Waals surface area contributed by atoms with Crippen molar-refractivity contribution in [1.29, 1.82) is 0 Å². The van der Waals surface area contributed by atoms with Gasteiger partial charge in [-0.3, -0.25) is 4.90 Å². The number of fused-ring (bicyclic) bond motifs is 7. The second-order valence-electron chi connectivity index (χ2n) is 6.92. The van der Waals surface area contributed by atoms with Crippen LogP contribution in [-0.4, -0.2) is 33.0 Å². The summed E-state index contributed by atoms with van der Waals surface area (Å²) in [6.45, 7) is 0.316. The van der Waals surface area contributed by atoms with Crippen LogP contribution < -0.4 is 18.9 Å². The van der Waals surface area contributed by atoms with Gasteiger partial charge in [-0.2, -0.15) is 0 Å². The van der Waals surface area contributed by atoms with Crippen LogP contribution in [-0.2, 0) is 12.8 Å². The molecule has 0 saturated carbocycles. The predicted octanol–water partition coefficient (Wildman–Crippen LogP) is 3.68. The lowest BCUT2D eigenvalue weighted by atomic mass is 9.76. The zero-order chi connectivity index (χ0) is 17.1. The van der Waals surface area contributed by atoms with Gasteiger partial charge in [0.2, 0.25) is 6.79 Å². The number of hydrogen-bond donors (Lipinski definition) is 0. The quantitative estimate of drug-likeness (QED) is 0.800. The summed E-state index contributed by atoms with van der Waals surface area (Å²) in [5.41, 5.74) is 5.38. The van der Waals surface area contributed by atoms with E-state index in [2.05, 4.69) is 36.2 Å². The van der Waals surface area contributed by atoms with E-state index in [9.17, 15) is 0 Å². The van der Waals surface area contributed by atoms with E-state index in [-0.39, 0.29) is 12.4 Å². The van der Waals surface area contributed by atoms with Crippen molar-refractivity contribution in [2.75, 3.05) is 28.1 Å². The minimum absolute atomic E-state index is 0. The lowest BCUT2D eigenvalue weighted by Gasteiger charge is -2.46. The first-order valence-electron chi connectivity index (χ1n) is 8.58. The van der Waals surface area contributed by atoms with Crippen LogP contribution >= 0.6 is 12.4 Å². The molecule has 2 aromatic carbocycles. The molecule has 0 saturated heterocycles. The molecule has 0 radical (unpaired) electrons. The van der Waals surface area contributed by atoms with Crippen molar-refractivity contribution in [3.8, 4) is 23.0 Å². The Morgan fingerprint density at radius 3 is 2.04 bits per heavy atom. The first-order valence-corrected chi connectivity index (χ1v) is 8.58. The molecule has 26 heavy (non-hydrogen) atoms. The van der Waals surface area contributed by atoms with Gasteiger partial charge in [0.05, 0.1) is 14.2 Å². The lowest BCUT2D eigenvalue weighted by Crippen LogP contribution is -2.40. The van der Waals surface area contributed by atoms with Crippen molar-refractivity contribution < 1.29 is 18.9 Å². The lowest BCUT2D eigenvalue weighted by molar-refractivity contribution is 0.137. The first kappa shape index (κ1) is 17.3. The van der Waals surface area contributed by atoms with E-state index in [0.29, 0.717) is 18.9 Å². The van der Waals surface area contributed by atoms with Crippen molar-refractivity contribution in [2.24, 2.45) is 0 Å². The molecule has 0 unspecified atom stereocenters. The molecule has 5 nitrogen and oxygen atoms in total. The van der Waals surface area contributed by atoms with Gasteiger partial charge in [-0.1, -0.05) is 0 Å². The number of nitrogens with zero attached hydrogens (tertiary/aromatic N) is 1. The van der Waals surface area contributed by atoms with Gasteiger partial charge in [0.1, 0.15) is 0 Å². The van der Waals surface area contributed by atoms with Crippen molar-refractivity contribution in [3.63, 3.8) is 0 Å². The SMILES string of the molecule is COc1cc2c(cc1OC)[C@@H]1Cc3cc4c(cc3[C@H](C2)N1C)OCO4.Cl. The summed E-state index contributed by atoms with van der Waals surface area (Å²) in [5, 5.41) is 0. The van der Waals surface area contributed by atoms with Crippen LogP contribution in [0, 0.1) is 0 Å². The van der Waals surface area contributed by atoms with Gasteiger partial charge in [-0.05, 0) is 66.4 Å². The topological polar surface area (TPSA) is 40.2 Å². The molecule has 6 heteroatoms. The maximum Gasteiger partial charge on any atom is 0.231 e. The summed E-state index contributed by atoms with van der Waals surface area (Å²) in [6, 6.07) is 9.29. The first-order chi connectivity index (χ1) is 12.2. The minimum atomic E-state index is 0. The number of benzene rings is 2. The minimum Gasteiger partial charge on any atom is -0.493 e. The number of halogens is 1. The Morgan fingerprint density at radius 1 is 0.846 bits per heavy atom. The van der Waals surface area contributed by atoms with Crippen molar-refractivity contribution in [3.05, 3.63) is 46.5 Å². The van der Waals surface area contributed by atoms with Crippen LogP contribution in [0.4, 0.5) is 0 Å². The molecule has 2 bridgehead atoms. The molecule has 3 heterocycles. The number of ether oxygens (including phenoxy) is 4. The second-order valence-corrected chi connectivity index (χ2v) is 6.92. The zero-order valence-electron chi connectivity index (χ0n) is 15.1. The molecule has 3 aliphatic rings. The van der Waals surface area contributed by atoms with E-state index in [1.165, 1.54) is 22.3 Å². The molecule has 0 N–H and O–H groups in total. The van der Waals surface area contributed by atoms with Crippen molar-refractivity contribution >= 4 is 12.4 Å². The zero-order valence-corrected chi connectivity index (χ0v) is 15.9. The van der Waals surface area contributed by atoms with E-state index in [1.54, 1.807) is 14.2 Å². The summed E-state index contributed by atoms with van der Waals surface area (Å²) in [5.74, 6) is 3.33. The highest BCUT2D eigenvalue weighted by Gasteiger charge is 2.39. The normalized spacial score (nSPS) is 22.1. The Bertz CT molecular complexity index is 869. The highest BCUT2D eigenvalue weighted by molar-refractivity contribution is 5.85. The molecule has 0 aliphatic carbocycles. The van der Waals surface area contributed by atoms with Crippen LogP contribution in [0.3, 0.4) is 0 Å². The number of methoxy groups -OCH3 is 2. The predicted molar refractivity (Wildman–Crippen MR) is 100 cm³/mol. The molecule has 0 fully saturated rings. The number of rotatable bonds is 2. The Labute approximate surface area is 159 Å². The number of hydrogen-bond acceptors (Lipinski definition) is 5. The smallest absolute Gasteiger partial charge is 0.231 e. The molecule has 0 amide bonds. The van der Waals surface area contributed by atoms with Gasteiger partial charge < -0.3 is 18.9 Å². The van der Waals surface area contributed by atoms with Crippen LogP contribution in [0.1, 0.15) is 34.3 Å². The molecule has 0 spiro atoms. The van der Waals surface area contributed by atoms with Crippen molar-refractivity contribution in [1.82, 2.24) is 4.90 Å². The van der Waals surface area contributed by atoms with E-state index in [0.717, 1.165) is 35.8 Å². The van der Waals surface area contributed by atoms with E-state index in [1.807, 2.05) is 0 Å². The second kappa shape index (κ2) is 6.25. The van der Waals surface area contributed by atoms with Gasteiger partial charge in [-0.15, -0.1) is 12.4 Å². The van der Waals surface area contributed by atoms with Crippen LogP contribution in [0.25, 0.3) is 0 Å². The highest BCUT2D eigenvalue weighted by atomic mass is 35.5. The van der Waals surface area contributed by atoms with Crippen LogP contribution in [0.15, 0.2) is 24.3 Å². The monoisotopic (exact) mass is 375 g/mol. The van der Waals surface area contributed by atoms with Gasteiger partial charge in [0, 0.05) is 12.1 Å². The Balaban J connectivity index is 0.00000168. The van der Waals surface area contributed by atoms with E-state index < -0.39 is 0 Å². The highest BCUT2D eigenvalue weighted by Crippen LogP contribution is 2.50. The molecule has 138 valence electrons. The third kappa shape index (κ3) is 2.34. The fourth-order valence-corrected chi connectivity index (χ4v) is 4.49. The van der Waals surface area contributed by atoms with E-state index >= 15 is 0 Å². The Hall–Kier alpha value is -2.11. The maximum absolute atomic E-state index is 5.60. The third-order valence-electron chi connectivity index (χ3n) is 5.81. The summed E-state index contributed by atoms with van der Waals surface area (Å²) in [7, 11) is 5.59. The molecular formula is C20H22ClNO4. The molecule has 2 aromatic rings. The fourth-order valence-electron chi connectivity index (χ4n) is 4.49. The van der Waals surface area contributed by atoms with Crippen molar-refractivity contribution in [2.45, 2.75) is 24.9 Å². The average molecular weight is 376 g/mol. The largest absolute Gasteiger partial charge is 0.493 e. The summed E-state index contributed by atoms with van der Waals surface area (Å²) in [6.07, 6.45) is 1.91.